The zero-order valence-electron chi connectivity index (χ0n) is 15.6. The molecule has 0 radical (unpaired) electrons. The van der Waals surface area contributed by atoms with Gasteiger partial charge in [0.25, 0.3) is 5.91 Å². The molecule has 0 aromatic heterocycles. The Balaban J connectivity index is 1.92. The molecule has 1 aromatic rings. The third-order valence-corrected chi connectivity index (χ3v) is 4.75. The number of carbonyl (C=O) groups is 2. The minimum atomic E-state index is -0.764. The smallest absolute Gasteiger partial charge is 0.303 e. The maximum Gasteiger partial charge on any atom is 0.303 e. The Hall–Kier alpha value is -2.04. The van der Waals surface area contributed by atoms with Crippen LogP contribution in [0.5, 0.6) is 5.75 Å². The number of carbonyl (C=O) groups excluding carboxylic acids is 1. The lowest BCUT2D eigenvalue weighted by Crippen LogP contribution is -2.45. The Morgan fingerprint density at radius 2 is 1.92 bits per heavy atom. The zero-order chi connectivity index (χ0) is 18.6. The Morgan fingerprint density at radius 3 is 2.48 bits per heavy atom. The first kappa shape index (κ1) is 19.3. The van der Waals surface area contributed by atoms with Crippen LogP contribution in [0.25, 0.3) is 0 Å². The van der Waals surface area contributed by atoms with Gasteiger partial charge in [0.15, 0.2) is 6.10 Å². The van der Waals surface area contributed by atoms with Crippen molar-refractivity contribution in [1.82, 2.24) is 4.90 Å². The van der Waals surface area contributed by atoms with E-state index in [0.717, 1.165) is 12.8 Å². The molecule has 0 aliphatic carbocycles. The Bertz CT molecular complexity index is 612. The molecule has 1 unspecified atom stereocenters. The molecule has 0 saturated carbocycles. The van der Waals surface area contributed by atoms with Crippen LogP contribution in [-0.4, -0.2) is 41.1 Å². The largest absolute Gasteiger partial charge is 0.481 e. The van der Waals surface area contributed by atoms with E-state index in [1.54, 1.807) is 11.8 Å². The van der Waals surface area contributed by atoms with Gasteiger partial charge in [0.1, 0.15) is 5.75 Å². The van der Waals surface area contributed by atoms with Crippen molar-refractivity contribution in [3.63, 3.8) is 0 Å². The van der Waals surface area contributed by atoms with Crippen LogP contribution in [0.15, 0.2) is 24.3 Å². The second kappa shape index (κ2) is 7.89. The molecule has 5 nitrogen and oxygen atoms in total. The van der Waals surface area contributed by atoms with Crippen molar-refractivity contribution >= 4 is 11.9 Å². The van der Waals surface area contributed by atoms with E-state index < -0.39 is 12.1 Å². The minimum absolute atomic E-state index is 0.0264. The maximum absolute atomic E-state index is 12.6. The van der Waals surface area contributed by atoms with Crippen LogP contribution in [0, 0.1) is 5.92 Å². The molecule has 25 heavy (non-hydrogen) atoms. The summed E-state index contributed by atoms with van der Waals surface area (Å²) in [4.78, 5) is 25.2. The van der Waals surface area contributed by atoms with Gasteiger partial charge in [-0.25, -0.2) is 0 Å². The second-order valence-corrected chi connectivity index (χ2v) is 7.90. The maximum atomic E-state index is 12.6. The molecule has 1 N–H and O–H groups in total. The average Bonchev–Trinajstić information content (AvgIpc) is 2.54. The second-order valence-electron chi connectivity index (χ2n) is 7.90. The number of carboxylic acids is 1. The lowest BCUT2D eigenvalue weighted by molar-refractivity contribution is -0.140. The fourth-order valence-corrected chi connectivity index (χ4v) is 3.15. The third-order valence-electron chi connectivity index (χ3n) is 4.75. The molecule has 138 valence electrons. The molecule has 2 rings (SSSR count). The molecule has 0 bridgehead atoms. The number of aliphatic carboxylic acids is 1. The van der Waals surface area contributed by atoms with Gasteiger partial charge in [0.05, 0.1) is 0 Å². The summed E-state index contributed by atoms with van der Waals surface area (Å²) < 4.78 is 5.87. The fourth-order valence-electron chi connectivity index (χ4n) is 3.15. The van der Waals surface area contributed by atoms with Gasteiger partial charge in [0, 0.05) is 19.5 Å². The number of benzene rings is 1. The summed E-state index contributed by atoms with van der Waals surface area (Å²) in [5.74, 6) is 0.0745. The van der Waals surface area contributed by atoms with Crippen molar-refractivity contribution < 1.29 is 19.4 Å². The van der Waals surface area contributed by atoms with Gasteiger partial charge in [-0.05, 0) is 48.8 Å². The SMILES string of the molecule is CC(Oc1cccc(C(C)(C)C)c1)C(=O)N1CCC(CC(=O)O)CC1. The van der Waals surface area contributed by atoms with Gasteiger partial charge in [-0.15, -0.1) is 0 Å². The highest BCUT2D eigenvalue weighted by molar-refractivity contribution is 5.81. The van der Waals surface area contributed by atoms with Gasteiger partial charge >= 0.3 is 5.97 Å². The number of hydrogen-bond acceptors (Lipinski definition) is 3. The van der Waals surface area contributed by atoms with E-state index in [2.05, 4.69) is 26.8 Å². The molecule has 5 heteroatoms. The van der Waals surface area contributed by atoms with Crippen LogP contribution in [0.1, 0.15) is 52.5 Å². The Kier molecular flexibility index (Phi) is 6.09. The standard InChI is InChI=1S/C20H29NO4/c1-14(25-17-7-5-6-16(13-17)20(2,3)4)19(24)21-10-8-15(9-11-21)12-18(22)23/h5-7,13-15H,8-12H2,1-4H3,(H,22,23). The molecule has 0 spiro atoms. The molecule has 1 fully saturated rings. The number of hydrogen-bond donors (Lipinski definition) is 1. The average molecular weight is 347 g/mol. The van der Waals surface area contributed by atoms with Crippen molar-refractivity contribution in [1.29, 1.82) is 0 Å². The van der Waals surface area contributed by atoms with Crippen molar-refractivity contribution in [3.05, 3.63) is 29.8 Å². The van der Waals surface area contributed by atoms with Gasteiger partial charge < -0.3 is 14.7 Å². The summed E-state index contributed by atoms with van der Waals surface area (Å²) >= 11 is 0. The van der Waals surface area contributed by atoms with E-state index >= 15 is 0 Å². The van der Waals surface area contributed by atoms with E-state index in [1.165, 1.54) is 5.56 Å². The van der Waals surface area contributed by atoms with Crippen molar-refractivity contribution in [2.24, 2.45) is 5.92 Å². The first-order valence-electron chi connectivity index (χ1n) is 8.94. The number of nitrogens with zero attached hydrogens (tertiary/aromatic N) is 1. The van der Waals surface area contributed by atoms with E-state index in [4.69, 9.17) is 9.84 Å². The summed E-state index contributed by atoms with van der Waals surface area (Å²) in [6.07, 6.45) is 1.12. The highest BCUT2D eigenvalue weighted by atomic mass is 16.5. The first-order chi connectivity index (χ1) is 11.7. The van der Waals surface area contributed by atoms with Crippen LogP contribution in [0.3, 0.4) is 0 Å². The summed E-state index contributed by atoms with van der Waals surface area (Å²) in [7, 11) is 0. The summed E-state index contributed by atoms with van der Waals surface area (Å²) in [6.45, 7) is 9.40. The molecular weight excluding hydrogens is 318 g/mol. The molecular formula is C20H29NO4. The minimum Gasteiger partial charge on any atom is -0.481 e. The van der Waals surface area contributed by atoms with Gasteiger partial charge in [-0.2, -0.15) is 0 Å². The quantitative estimate of drug-likeness (QED) is 0.886. The van der Waals surface area contributed by atoms with Gasteiger partial charge in [0.2, 0.25) is 0 Å². The van der Waals surface area contributed by atoms with Crippen LogP contribution in [0.4, 0.5) is 0 Å². The van der Waals surface area contributed by atoms with Crippen LogP contribution >= 0.6 is 0 Å². The third kappa shape index (κ3) is 5.48. The number of rotatable bonds is 5. The van der Waals surface area contributed by atoms with Crippen LogP contribution < -0.4 is 4.74 Å². The van der Waals surface area contributed by atoms with Crippen molar-refractivity contribution in [2.45, 2.75) is 58.5 Å². The molecule has 1 atom stereocenters. The topological polar surface area (TPSA) is 66.8 Å². The summed E-state index contributed by atoms with van der Waals surface area (Å²) in [5, 5.41) is 8.87. The summed E-state index contributed by atoms with van der Waals surface area (Å²) in [6, 6.07) is 7.87. The zero-order valence-corrected chi connectivity index (χ0v) is 15.6. The van der Waals surface area contributed by atoms with Crippen LogP contribution in [-0.2, 0) is 15.0 Å². The molecule has 1 aliphatic rings. The lowest BCUT2D eigenvalue weighted by Gasteiger charge is -2.33. The molecule has 1 aromatic carbocycles. The van der Waals surface area contributed by atoms with Gasteiger partial charge in [-0.3, -0.25) is 9.59 Å². The number of ether oxygens (including phenoxy) is 1. The van der Waals surface area contributed by atoms with E-state index in [0.29, 0.717) is 18.8 Å². The Morgan fingerprint density at radius 1 is 1.28 bits per heavy atom. The fraction of sp³-hybridized carbons (Fsp3) is 0.600. The van der Waals surface area contributed by atoms with E-state index in [1.807, 2.05) is 18.2 Å². The highest BCUT2D eigenvalue weighted by Crippen LogP contribution is 2.26. The van der Waals surface area contributed by atoms with Gasteiger partial charge in [-0.1, -0.05) is 32.9 Å². The predicted molar refractivity (Wildman–Crippen MR) is 96.8 cm³/mol. The van der Waals surface area contributed by atoms with Crippen molar-refractivity contribution in [3.8, 4) is 5.75 Å². The molecule has 1 saturated heterocycles. The Labute approximate surface area is 150 Å². The first-order valence-corrected chi connectivity index (χ1v) is 8.94. The summed E-state index contributed by atoms with van der Waals surface area (Å²) in [5.41, 5.74) is 1.19. The number of carboxylic acid groups (broad SMARTS) is 1. The predicted octanol–water partition coefficient (Wildman–Crippen LogP) is 3.46. The normalized spacial score (nSPS) is 17.2. The van der Waals surface area contributed by atoms with E-state index in [-0.39, 0.29) is 23.7 Å². The number of piperidine rings is 1. The number of likely N-dealkylation sites (tertiary alicyclic amines) is 1. The number of amides is 1. The van der Waals surface area contributed by atoms with E-state index in [9.17, 15) is 9.59 Å². The van der Waals surface area contributed by atoms with Crippen molar-refractivity contribution in [2.75, 3.05) is 13.1 Å². The molecule has 1 aliphatic heterocycles. The molecule has 1 heterocycles. The van der Waals surface area contributed by atoms with Crippen LogP contribution in [0.2, 0.25) is 0 Å². The monoisotopic (exact) mass is 347 g/mol. The molecule has 1 amide bonds. The lowest BCUT2D eigenvalue weighted by atomic mass is 9.87. The highest BCUT2D eigenvalue weighted by Gasteiger charge is 2.28.